The molecule has 0 bridgehead atoms. The molecule has 1 aliphatic rings. The standard InChI is InChI=1S/C16H28N4O/c1-14(2)19-11-7-15(13-19)12-18(3)16(21)6-4-9-20-10-5-8-17-20/h5,8,10,14-15H,4,6-7,9,11-13H2,1-3H3/t15-/m1/s1. The van der Waals surface area contributed by atoms with E-state index in [1.165, 1.54) is 13.0 Å². The monoisotopic (exact) mass is 292 g/mol. The van der Waals surface area contributed by atoms with Crippen LogP contribution in [0.1, 0.15) is 33.1 Å². The molecule has 2 heterocycles. The summed E-state index contributed by atoms with van der Waals surface area (Å²) in [5, 5.41) is 4.15. The summed E-state index contributed by atoms with van der Waals surface area (Å²) in [6.45, 7) is 8.49. The zero-order valence-corrected chi connectivity index (χ0v) is 13.5. The maximum atomic E-state index is 12.2. The van der Waals surface area contributed by atoms with Gasteiger partial charge in [-0.1, -0.05) is 0 Å². The number of amides is 1. The van der Waals surface area contributed by atoms with Gasteiger partial charge in [-0.15, -0.1) is 0 Å². The second kappa shape index (κ2) is 7.59. The molecule has 0 spiro atoms. The summed E-state index contributed by atoms with van der Waals surface area (Å²) < 4.78 is 1.88. The van der Waals surface area contributed by atoms with E-state index in [1.807, 2.05) is 28.9 Å². The van der Waals surface area contributed by atoms with Gasteiger partial charge in [-0.3, -0.25) is 9.48 Å². The Kier molecular flexibility index (Phi) is 5.79. The van der Waals surface area contributed by atoms with Crippen molar-refractivity contribution in [3.63, 3.8) is 0 Å². The van der Waals surface area contributed by atoms with E-state index < -0.39 is 0 Å². The lowest BCUT2D eigenvalue weighted by molar-refractivity contribution is -0.130. The number of carbonyl (C=O) groups is 1. The minimum absolute atomic E-state index is 0.255. The Morgan fingerprint density at radius 3 is 2.90 bits per heavy atom. The van der Waals surface area contributed by atoms with Crippen molar-refractivity contribution in [3.8, 4) is 0 Å². The average Bonchev–Trinajstić information content (AvgIpc) is 3.09. The van der Waals surface area contributed by atoms with Gasteiger partial charge < -0.3 is 9.80 Å². The Balaban J connectivity index is 1.65. The number of rotatable bonds is 7. The van der Waals surface area contributed by atoms with E-state index in [-0.39, 0.29) is 5.91 Å². The molecular weight excluding hydrogens is 264 g/mol. The lowest BCUT2D eigenvalue weighted by Gasteiger charge is -2.23. The van der Waals surface area contributed by atoms with Gasteiger partial charge in [-0.2, -0.15) is 5.10 Å². The van der Waals surface area contributed by atoms with Crippen molar-refractivity contribution < 1.29 is 4.79 Å². The highest BCUT2D eigenvalue weighted by molar-refractivity contribution is 5.75. The summed E-state index contributed by atoms with van der Waals surface area (Å²) >= 11 is 0. The van der Waals surface area contributed by atoms with Crippen LogP contribution in [0.25, 0.3) is 0 Å². The van der Waals surface area contributed by atoms with Crippen molar-refractivity contribution >= 4 is 5.91 Å². The average molecular weight is 292 g/mol. The summed E-state index contributed by atoms with van der Waals surface area (Å²) in [4.78, 5) is 16.6. The van der Waals surface area contributed by atoms with Crippen molar-refractivity contribution in [3.05, 3.63) is 18.5 Å². The number of aromatic nitrogens is 2. The van der Waals surface area contributed by atoms with Crippen LogP contribution in [0.4, 0.5) is 0 Å². The molecule has 1 atom stereocenters. The van der Waals surface area contributed by atoms with Crippen LogP contribution < -0.4 is 0 Å². The second-order valence-electron chi connectivity index (χ2n) is 6.39. The van der Waals surface area contributed by atoms with E-state index in [2.05, 4.69) is 23.8 Å². The highest BCUT2D eigenvalue weighted by Gasteiger charge is 2.25. The Labute approximate surface area is 127 Å². The van der Waals surface area contributed by atoms with Gasteiger partial charge in [0.2, 0.25) is 5.91 Å². The molecule has 1 amide bonds. The van der Waals surface area contributed by atoms with Crippen LogP contribution in [-0.4, -0.2) is 58.2 Å². The minimum Gasteiger partial charge on any atom is -0.345 e. The maximum absolute atomic E-state index is 12.2. The van der Waals surface area contributed by atoms with Gasteiger partial charge in [0, 0.05) is 51.5 Å². The van der Waals surface area contributed by atoms with Crippen molar-refractivity contribution in [1.82, 2.24) is 19.6 Å². The maximum Gasteiger partial charge on any atom is 0.222 e. The van der Waals surface area contributed by atoms with E-state index in [0.717, 1.165) is 26.1 Å². The highest BCUT2D eigenvalue weighted by Crippen LogP contribution is 2.19. The van der Waals surface area contributed by atoms with Gasteiger partial charge in [0.05, 0.1) is 0 Å². The predicted molar refractivity (Wildman–Crippen MR) is 83.9 cm³/mol. The van der Waals surface area contributed by atoms with Crippen LogP contribution in [0.5, 0.6) is 0 Å². The molecular formula is C16H28N4O. The van der Waals surface area contributed by atoms with Crippen LogP contribution in [0.15, 0.2) is 18.5 Å². The molecule has 1 saturated heterocycles. The number of aryl methyl sites for hydroxylation is 1. The number of hydrogen-bond acceptors (Lipinski definition) is 3. The van der Waals surface area contributed by atoms with Gasteiger partial charge in [0.15, 0.2) is 0 Å². The van der Waals surface area contributed by atoms with Crippen LogP contribution in [0.3, 0.4) is 0 Å². The fourth-order valence-corrected chi connectivity index (χ4v) is 2.99. The number of nitrogens with zero attached hydrogens (tertiary/aromatic N) is 4. The Bertz CT molecular complexity index is 429. The van der Waals surface area contributed by atoms with Crippen molar-refractivity contribution in [2.45, 2.75) is 45.7 Å². The molecule has 2 rings (SSSR count). The summed E-state index contributed by atoms with van der Waals surface area (Å²) in [5.41, 5.74) is 0. The number of carbonyl (C=O) groups excluding carboxylic acids is 1. The van der Waals surface area contributed by atoms with Crippen molar-refractivity contribution in [2.24, 2.45) is 5.92 Å². The molecule has 5 heteroatoms. The van der Waals surface area contributed by atoms with Gasteiger partial charge in [-0.25, -0.2) is 0 Å². The summed E-state index contributed by atoms with van der Waals surface area (Å²) in [5.74, 6) is 0.887. The molecule has 5 nitrogen and oxygen atoms in total. The third kappa shape index (κ3) is 4.84. The minimum atomic E-state index is 0.255. The van der Waals surface area contributed by atoms with Gasteiger partial charge in [0.25, 0.3) is 0 Å². The highest BCUT2D eigenvalue weighted by atomic mass is 16.2. The molecule has 0 saturated carbocycles. The molecule has 0 aromatic carbocycles. The zero-order chi connectivity index (χ0) is 15.2. The molecule has 21 heavy (non-hydrogen) atoms. The Morgan fingerprint density at radius 2 is 2.29 bits per heavy atom. The van der Waals surface area contributed by atoms with E-state index in [1.54, 1.807) is 6.20 Å². The summed E-state index contributed by atoms with van der Waals surface area (Å²) in [6.07, 6.45) is 6.38. The molecule has 118 valence electrons. The first-order chi connectivity index (χ1) is 10.1. The molecule has 0 aliphatic carbocycles. The van der Waals surface area contributed by atoms with Crippen LogP contribution >= 0.6 is 0 Å². The molecule has 1 fully saturated rings. The topological polar surface area (TPSA) is 41.4 Å². The fourth-order valence-electron chi connectivity index (χ4n) is 2.99. The van der Waals surface area contributed by atoms with Gasteiger partial charge in [-0.05, 0) is 45.2 Å². The van der Waals surface area contributed by atoms with Crippen LogP contribution in [-0.2, 0) is 11.3 Å². The first-order valence-electron chi connectivity index (χ1n) is 8.01. The smallest absolute Gasteiger partial charge is 0.222 e. The van der Waals surface area contributed by atoms with Gasteiger partial charge >= 0.3 is 0 Å². The first kappa shape index (κ1) is 16.0. The van der Waals surface area contributed by atoms with Crippen LogP contribution in [0.2, 0.25) is 0 Å². The number of hydrogen-bond donors (Lipinski definition) is 0. The molecule has 1 aromatic heterocycles. The molecule has 1 aromatic rings. The molecule has 0 N–H and O–H groups in total. The first-order valence-corrected chi connectivity index (χ1v) is 8.01. The summed E-state index contributed by atoms with van der Waals surface area (Å²) in [7, 11) is 1.94. The van der Waals surface area contributed by atoms with E-state index >= 15 is 0 Å². The van der Waals surface area contributed by atoms with E-state index in [9.17, 15) is 4.79 Å². The van der Waals surface area contributed by atoms with Gasteiger partial charge in [0.1, 0.15) is 0 Å². The normalized spacial score (nSPS) is 19.3. The lowest BCUT2D eigenvalue weighted by atomic mass is 10.1. The number of likely N-dealkylation sites (tertiary alicyclic amines) is 1. The predicted octanol–water partition coefficient (Wildman–Crippen LogP) is 1.85. The zero-order valence-electron chi connectivity index (χ0n) is 13.5. The van der Waals surface area contributed by atoms with Crippen molar-refractivity contribution in [2.75, 3.05) is 26.7 Å². The van der Waals surface area contributed by atoms with Crippen molar-refractivity contribution in [1.29, 1.82) is 0 Å². The Morgan fingerprint density at radius 1 is 1.48 bits per heavy atom. The third-order valence-electron chi connectivity index (χ3n) is 4.34. The Hall–Kier alpha value is -1.36. The lowest BCUT2D eigenvalue weighted by Crippen LogP contribution is -2.34. The largest absolute Gasteiger partial charge is 0.345 e. The second-order valence-corrected chi connectivity index (χ2v) is 6.39. The third-order valence-corrected chi connectivity index (χ3v) is 4.34. The SMILES string of the molecule is CC(C)N1CC[C@H](CN(C)C(=O)CCCn2cccn2)C1. The molecule has 0 radical (unpaired) electrons. The van der Waals surface area contributed by atoms with E-state index in [4.69, 9.17) is 0 Å². The molecule has 0 unspecified atom stereocenters. The molecule has 1 aliphatic heterocycles. The summed E-state index contributed by atoms with van der Waals surface area (Å²) in [6, 6.07) is 2.53. The van der Waals surface area contributed by atoms with E-state index in [0.29, 0.717) is 18.4 Å². The van der Waals surface area contributed by atoms with Crippen LogP contribution in [0, 0.1) is 5.92 Å². The fraction of sp³-hybridized carbons (Fsp3) is 0.750. The quantitative estimate of drug-likeness (QED) is 0.770.